The number of carboxylic acid groups (broad SMARTS) is 1. The van der Waals surface area contributed by atoms with Crippen LogP contribution in [0.25, 0.3) is 11.1 Å². The van der Waals surface area contributed by atoms with Crippen molar-refractivity contribution in [1.82, 2.24) is 14.8 Å². The number of carbonyl (C=O) groups is 3. The summed E-state index contributed by atoms with van der Waals surface area (Å²) in [6, 6.07) is 4.81. The highest BCUT2D eigenvalue weighted by Gasteiger charge is 2.39. The molecular weight excluding hydrogens is 368 g/mol. The van der Waals surface area contributed by atoms with Crippen molar-refractivity contribution in [1.29, 1.82) is 0 Å². The van der Waals surface area contributed by atoms with Crippen LogP contribution >= 0.6 is 0 Å². The van der Waals surface area contributed by atoms with Gasteiger partial charge in [-0.1, -0.05) is 0 Å². The highest BCUT2D eigenvalue weighted by atomic mass is 16.4. The number of aromatic nitrogens is 1. The third-order valence-corrected chi connectivity index (χ3v) is 5.39. The molecule has 4 rings (SSSR count). The number of aromatic amines is 1. The van der Waals surface area contributed by atoms with Gasteiger partial charge in [-0.05, 0) is 25.0 Å². The van der Waals surface area contributed by atoms with Crippen LogP contribution in [-0.4, -0.2) is 63.5 Å². The summed E-state index contributed by atoms with van der Waals surface area (Å²) in [6.45, 7) is 1.11. The van der Waals surface area contributed by atoms with Gasteiger partial charge in [0.05, 0.1) is 11.4 Å². The molecule has 28 heavy (non-hydrogen) atoms. The van der Waals surface area contributed by atoms with Crippen LogP contribution in [0.15, 0.2) is 27.4 Å². The normalized spacial score (nSPS) is 20.7. The van der Waals surface area contributed by atoms with Crippen LogP contribution in [0.4, 0.5) is 10.5 Å². The summed E-state index contributed by atoms with van der Waals surface area (Å²) < 4.78 is 4.98. The molecule has 3 N–H and O–H groups in total. The number of fused-ring (bicyclic) bond motifs is 1. The maximum atomic E-state index is 12.6. The Balaban J connectivity index is 1.38. The molecule has 2 aliphatic rings. The summed E-state index contributed by atoms with van der Waals surface area (Å²) in [6.07, 6.45) is 0.344. The van der Waals surface area contributed by atoms with Gasteiger partial charge in [0.1, 0.15) is 0 Å². The number of amides is 3. The van der Waals surface area contributed by atoms with Gasteiger partial charge in [0.25, 0.3) is 0 Å². The van der Waals surface area contributed by atoms with E-state index in [0.29, 0.717) is 49.3 Å². The Morgan fingerprint density at radius 3 is 2.68 bits per heavy atom. The van der Waals surface area contributed by atoms with Crippen LogP contribution < -0.4 is 11.1 Å². The summed E-state index contributed by atoms with van der Waals surface area (Å²) in [5.74, 6) is -1.39. The third-order valence-electron chi connectivity index (χ3n) is 5.39. The van der Waals surface area contributed by atoms with E-state index in [0.717, 1.165) is 0 Å². The number of benzene rings is 1. The Kier molecular flexibility index (Phi) is 4.54. The number of oxazole rings is 1. The second kappa shape index (κ2) is 7.02. The number of hydrogen-bond acceptors (Lipinski definition) is 5. The first-order valence-corrected chi connectivity index (χ1v) is 9.12. The molecule has 0 radical (unpaired) electrons. The average molecular weight is 388 g/mol. The fourth-order valence-corrected chi connectivity index (χ4v) is 3.90. The van der Waals surface area contributed by atoms with Gasteiger partial charge < -0.3 is 24.6 Å². The van der Waals surface area contributed by atoms with E-state index in [1.807, 2.05) is 0 Å². The first-order valence-electron chi connectivity index (χ1n) is 9.12. The van der Waals surface area contributed by atoms with Crippen molar-refractivity contribution in [2.75, 3.05) is 25.0 Å². The van der Waals surface area contributed by atoms with E-state index in [-0.39, 0.29) is 24.3 Å². The van der Waals surface area contributed by atoms with Crippen LogP contribution in [-0.2, 0) is 9.59 Å². The van der Waals surface area contributed by atoms with Crippen molar-refractivity contribution < 1.29 is 23.9 Å². The number of nitrogens with zero attached hydrogens (tertiary/aromatic N) is 2. The zero-order chi connectivity index (χ0) is 19.8. The highest BCUT2D eigenvalue weighted by Crippen LogP contribution is 2.27. The molecule has 2 aromatic rings. The van der Waals surface area contributed by atoms with E-state index in [1.165, 1.54) is 4.90 Å². The van der Waals surface area contributed by atoms with E-state index in [4.69, 9.17) is 9.52 Å². The fraction of sp³-hybridized carbons (Fsp3) is 0.444. The van der Waals surface area contributed by atoms with E-state index in [1.54, 1.807) is 23.1 Å². The molecule has 148 valence electrons. The molecule has 0 saturated carbocycles. The summed E-state index contributed by atoms with van der Waals surface area (Å²) >= 11 is 0. The Morgan fingerprint density at radius 1 is 1.21 bits per heavy atom. The Morgan fingerprint density at radius 2 is 1.96 bits per heavy atom. The zero-order valence-electron chi connectivity index (χ0n) is 15.0. The Hall–Kier alpha value is -3.30. The van der Waals surface area contributed by atoms with Crippen molar-refractivity contribution in [3.63, 3.8) is 0 Å². The molecule has 2 fully saturated rings. The fourth-order valence-electron chi connectivity index (χ4n) is 3.90. The molecule has 10 heteroatoms. The van der Waals surface area contributed by atoms with E-state index in [2.05, 4.69) is 10.3 Å². The molecule has 1 unspecified atom stereocenters. The van der Waals surface area contributed by atoms with Crippen LogP contribution in [0, 0.1) is 5.92 Å². The number of piperidine rings is 1. The molecule has 1 aromatic heterocycles. The standard InChI is InChI=1S/C18H20N4O6/c23-15-7-10(9-22(15)12-3-5-21(6-4-12)18(26)27)16(24)19-11-1-2-13-14(8-11)28-17(25)20-13/h1-2,8,10,12H,3-7,9H2,(H,19,24)(H,20,25)(H,26,27). The topological polar surface area (TPSA) is 136 Å². The van der Waals surface area contributed by atoms with Gasteiger partial charge in [0.2, 0.25) is 11.8 Å². The lowest BCUT2D eigenvalue weighted by molar-refractivity contribution is -0.130. The van der Waals surface area contributed by atoms with Gasteiger partial charge in [0, 0.05) is 43.9 Å². The number of rotatable bonds is 3. The van der Waals surface area contributed by atoms with Gasteiger partial charge >= 0.3 is 11.8 Å². The van der Waals surface area contributed by atoms with Crippen molar-refractivity contribution >= 4 is 34.7 Å². The Bertz CT molecular complexity index is 987. The molecular formula is C18H20N4O6. The monoisotopic (exact) mass is 388 g/mol. The Labute approximate surface area is 159 Å². The summed E-state index contributed by atoms with van der Waals surface area (Å²) in [4.78, 5) is 52.8. The number of carbonyl (C=O) groups excluding carboxylic acids is 2. The number of nitrogens with one attached hydrogen (secondary N) is 2. The molecule has 2 aliphatic heterocycles. The van der Waals surface area contributed by atoms with Crippen molar-refractivity contribution in [2.24, 2.45) is 5.92 Å². The quantitative estimate of drug-likeness (QED) is 0.719. The molecule has 10 nitrogen and oxygen atoms in total. The first kappa shape index (κ1) is 18.1. The first-order chi connectivity index (χ1) is 13.4. The second-order valence-electron chi connectivity index (χ2n) is 7.16. The summed E-state index contributed by atoms with van der Waals surface area (Å²) in [5, 5.41) is 11.8. The maximum absolute atomic E-state index is 12.6. The maximum Gasteiger partial charge on any atom is 0.417 e. The van der Waals surface area contributed by atoms with Crippen molar-refractivity contribution in [3.8, 4) is 0 Å². The average Bonchev–Trinajstić information content (AvgIpc) is 3.23. The second-order valence-corrected chi connectivity index (χ2v) is 7.16. The van der Waals surface area contributed by atoms with Gasteiger partial charge in [-0.3, -0.25) is 14.6 Å². The zero-order valence-corrected chi connectivity index (χ0v) is 15.0. The van der Waals surface area contributed by atoms with Crippen LogP contribution in [0.3, 0.4) is 0 Å². The van der Waals surface area contributed by atoms with Crippen molar-refractivity contribution in [3.05, 3.63) is 28.7 Å². The molecule has 1 atom stereocenters. The van der Waals surface area contributed by atoms with Gasteiger partial charge in [0.15, 0.2) is 5.58 Å². The van der Waals surface area contributed by atoms with E-state index < -0.39 is 17.8 Å². The minimum atomic E-state index is -0.946. The van der Waals surface area contributed by atoms with E-state index in [9.17, 15) is 19.2 Å². The van der Waals surface area contributed by atoms with Crippen LogP contribution in [0.5, 0.6) is 0 Å². The molecule has 0 spiro atoms. The lowest BCUT2D eigenvalue weighted by Crippen LogP contribution is -2.47. The summed E-state index contributed by atoms with van der Waals surface area (Å²) in [7, 11) is 0. The van der Waals surface area contributed by atoms with Gasteiger partial charge in [-0.25, -0.2) is 9.59 Å². The lowest BCUT2D eigenvalue weighted by Gasteiger charge is -2.35. The van der Waals surface area contributed by atoms with Crippen LogP contribution in [0.1, 0.15) is 19.3 Å². The molecule has 0 bridgehead atoms. The molecule has 1 aromatic carbocycles. The molecule has 3 heterocycles. The number of likely N-dealkylation sites (tertiary alicyclic amines) is 2. The number of H-pyrrole nitrogens is 1. The summed E-state index contributed by atoms with van der Waals surface area (Å²) in [5.41, 5.74) is 1.37. The third kappa shape index (κ3) is 3.45. The number of anilines is 1. The largest absolute Gasteiger partial charge is 0.465 e. The minimum absolute atomic E-state index is 0.0358. The molecule has 0 aliphatic carbocycles. The van der Waals surface area contributed by atoms with Gasteiger partial charge in [-0.15, -0.1) is 0 Å². The van der Waals surface area contributed by atoms with Crippen LogP contribution in [0.2, 0.25) is 0 Å². The molecule has 2 saturated heterocycles. The predicted octanol–water partition coefficient (Wildman–Crippen LogP) is 1.05. The number of hydrogen-bond donors (Lipinski definition) is 3. The van der Waals surface area contributed by atoms with E-state index >= 15 is 0 Å². The highest BCUT2D eigenvalue weighted by molar-refractivity contribution is 5.98. The van der Waals surface area contributed by atoms with Crippen molar-refractivity contribution in [2.45, 2.75) is 25.3 Å². The predicted molar refractivity (Wildman–Crippen MR) is 97.9 cm³/mol. The minimum Gasteiger partial charge on any atom is -0.465 e. The lowest BCUT2D eigenvalue weighted by atomic mass is 10.0. The smallest absolute Gasteiger partial charge is 0.417 e. The van der Waals surface area contributed by atoms with Gasteiger partial charge in [-0.2, -0.15) is 0 Å². The molecule has 3 amide bonds. The SMILES string of the molecule is O=C(Nc1ccc2[nH]c(=O)oc2c1)C1CC(=O)N(C2CCN(C(=O)O)CC2)C1.